The van der Waals surface area contributed by atoms with E-state index in [9.17, 15) is 34.5 Å². The van der Waals surface area contributed by atoms with Crippen LogP contribution in [0.3, 0.4) is 0 Å². The van der Waals surface area contributed by atoms with Gasteiger partial charge >= 0.3 is 23.9 Å². The van der Waals surface area contributed by atoms with Gasteiger partial charge in [-0.3, -0.25) is 14.4 Å². The maximum atomic E-state index is 13.1. The lowest BCUT2D eigenvalue weighted by atomic mass is 9.98. The summed E-state index contributed by atoms with van der Waals surface area (Å²) in [6.07, 6.45) is 56.4. The van der Waals surface area contributed by atoms with Gasteiger partial charge in [0.05, 0.1) is 6.61 Å². The fourth-order valence-electron chi connectivity index (χ4n) is 9.67. The van der Waals surface area contributed by atoms with Crippen molar-refractivity contribution in [3.63, 3.8) is 0 Å². The van der Waals surface area contributed by atoms with Crippen LogP contribution in [-0.4, -0.2) is 89.2 Å². The number of unbranched alkanes of at least 4 members (excludes halogenated alkanes) is 31. The number of aliphatic carboxylic acids is 1. The Morgan fingerprint density at radius 3 is 1.27 bits per heavy atom. The minimum absolute atomic E-state index is 0.0419. The van der Waals surface area contributed by atoms with Crippen LogP contribution in [0.1, 0.15) is 290 Å². The van der Waals surface area contributed by atoms with Crippen molar-refractivity contribution in [2.75, 3.05) is 13.2 Å². The largest absolute Gasteiger partial charge is 0.479 e. The Labute approximate surface area is 481 Å². The molecule has 0 spiro atoms. The van der Waals surface area contributed by atoms with Crippen molar-refractivity contribution >= 4 is 23.9 Å². The molecule has 6 atom stereocenters. The van der Waals surface area contributed by atoms with Gasteiger partial charge in [0.1, 0.15) is 18.8 Å². The number of carboxylic acids is 1. The smallest absolute Gasteiger partial charge is 0.335 e. The van der Waals surface area contributed by atoms with Gasteiger partial charge in [-0.15, -0.1) is 0 Å². The van der Waals surface area contributed by atoms with Crippen LogP contribution in [0.2, 0.25) is 0 Å². The SMILES string of the molecule is CC/C=C\C/C=C\C/C=C\C/C=C\CCC(=O)OC(COC(=O)CCCCCCCCC/C=C\CCCCCCCC)COC1OC(C(=O)O)C(O)C(O)C1OC(=O)CCCCCCCCCCCCCCCCCCCCC. The van der Waals surface area contributed by atoms with Crippen molar-refractivity contribution in [1.29, 1.82) is 0 Å². The zero-order chi connectivity index (χ0) is 57.5. The van der Waals surface area contributed by atoms with Crippen LogP contribution in [0, 0.1) is 0 Å². The van der Waals surface area contributed by atoms with Gasteiger partial charge in [0.25, 0.3) is 0 Å². The number of rotatable bonds is 55. The highest BCUT2D eigenvalue weighted by atomic mass is 16.7. The molecule has 6 unspecified atom stereocenters. The van der Waals surface area contributed by atoms with Gasteiger partial charge in [0.2, 0.25) is 0 Å². The van der Waals surface area contributed by atoms with E-state index < -0.39 is 67.3 Å². The van der Waals surface area contributed by atoms with E-state index in [4.69, 9.17) is 23.7 Å². The number of allylic oxidation sites excluding steroid dienone is 10. The molecule has 0 aromatic rings. The zero-order valence-corrected chi connectivity index (χ0v) is 50.4. The van der Waals surface area contributed by atoms with Crippen LogP contribution in [0.4, 0.5) is 0 Å². The van der Waals surface area contributed by atoms with Crippen LogP contribution in [0.15, 0.2) is 60.8 Å². The summed E-state index contributed by atoms with van der Waals surface area (Å²) in [6, 6.07) is 0. The quantitative estimate of drug-likeness (QED) is 0.0228. The Bertz CT molecular complexity index is 1600. The number of hydrogen-bond donors (Lipinski definition) is 3. The second-order valence-corrected chi connectivity index (χ2v) is 22.0. The first-order chi connectivity index (χ1) is 38.6. The second kappa shape index (κ2) is 55.0. The molecule has 12 heteroatoms. The summed E-state index contributed by atoms with van der Waals surface area (Å²) >= 11 is 0. The van der Waals surface area contributed by atoms with Gasteiger partial charge in [-0.1, -0.05) is 261 Å². The molecule has 0 aromatic heterocycles. The van der Waals surface area contributed by atoms with Crippen molar-refractivity contribution in [3.05, 3.63) is 60.8 Å². The number of esters is 3. The summed E-state index contributed by atoms with van der Waals surface area (Å²) in [6.45, 7) is 5.85. The Hall–Kier alpha value is -3.58. The molecule has 0 saturated carbocycles. The topological polar surface area (TPSA) is 175 Å². The monoisotopic (exact) mass is 1110 g/mol. The van der Waals surface area contributed by atoms with Crippen molar-refractivity contribution in [1.82, 2.24) is 0 Å². The van der Waals surface area contributed by atoms with Crippen molar-refractivity contribution in [2.24, 2.45) is 0 Å². The number of aliphatic hydroxyl groups is 2. The highest BCUT2D eigenvalue weighted by Gasteiger charge is 2.50. The average Bonchev–Trinajstić information content (AvgIpc) is 3.43. The average molecular weight is 1110 g/mol. The molecule has 1 heterocycles. The van der Waals surface area contributed by atoms with E-state index >= 15 is 0 Å². The molecule has 0 amide bonds. The Balaban J connectivity index is 2.65. The third kappa shape index (κ3) is 44.7. The van der Waals surface area contributed by atoms with E-state index in [1.54, 1.807) is 0 Å². The second-order valence-electron chi connectivity index (χ2n) is 22.0. The standard InChI is InChI=1S/C67H116O12/c1-4-7-10-13-16-19-22-25-27-29-30-32-34-37-40-43-46-49-52-55-61(70)78-65-63(72)62(71)64(66(73)74)79-67(65)76-57-58(77-60(69)54-51-48-45-42-39-35-24-21-18-15-12-9-6-3)56-75-59(68)53-50-47-44-41-38-36-33-31-28-26-23-20-17-14-11-8-5-2/h9,12,18,21,26,28,35,39,45,48,58,62-65,67,71-72H,4-8,10-11,13-17,19-20,22-25,27,29-34,36-38,40-44,46-47,49-57H2,1-3H3,(H,73,74)/b12-9-,21-18-,28-26-,39-35-,48-45-. The highest BCUT2D eigenvalue weighted by Crippen LogP contribution is 2.27. The van der Waals surface area contributed by atoms with Gasteiger partial charge in [0, 0.05) is 19.3 Å². The van der Waals surface area contributed by atoms with Crippen LogP contribution in [0.25, 0.3) is 0 Å². The van der Waals surface area contributed by atoms with Crippen molar-refractivity contribution in [3.8, 4) is 0 Å². The van der Waals surface area contributed by atoms with Gasteiger partial charge in [-0.05, 0) is 70.6 Å². The third-order valence-corrected chi connectivity index (χ3v) is 14.6. The van der Waals surface area contributed by atoms with Crippen LogP contribution in [-0.2, 0) is 42.9 Å². The molecule has 0 bridgehead atoms. The fourth-order valence-corrected chi connectivity index (χ4v) is 9.67. The van der Waals surface area contributed by atoms with E-state index in [1.165, 1.54) is 154 Å². The summed E-state index contributed by atoms with van der Waals surface area (Å²) in [7, 11) is 0. The number of aliphatic hydroxyl groups excluding tert-OH is 2. The maximum absolute atomic E-state index is 13.1. The molecule has 0 radical (unpaired) electrons. The zero-order valence-electron chi connectivity index (χ0n) is 50.4. The van der Waals surface area contributed by atoms with E-state index in [1.807, 2.05) is 12.2 Å². The molecule has 1 saturated heterocycles. The molecule has 3 N–H and O–H groups in total. The first-order valence-corrected chi connectivity index (χ1v) is 32.3. The number of carboxylic acid groups (broad SMARTS) is 1. The molecule has 1 fully saturated rings. The molecule has 456 valence electrons. The predicted octanol–water partition coefficient (Wildman–Crippen LogP) is 17.1. The first kappa shape index (κ1) is 73.4. The lowest BCUT2D eigenvalue weighted by Crippen LogP contribution is -2.61. The van der Waals surface area contributed by atoms with E-state index in [2.05, 4.69) is 69.4 Å². The number of ether oxygens (including phenoxy) is 5. The molecule has 79 heavy (non-hydrogen) atoms. The van der Waals surface area contributed by atoms with Crippen molar-refractivity contribution in [2.45, 2.75) is 327 Å². The van der Waals surface area contributed by atoms with Gasteiger partial charge in [-0.25, -0.2) is 4.79 Å². The predicted molar refractivity (Wildman–Crippen MR) is 322 cm³/mol. The van der Waals surface area contributed by atoms with Gasteiger partial charge in [-0.2, -0.15) is 0 Å². The lowest BCUT2D eigenvalue weighted by Gasteiger charge is -2.40. The van der Waals surface area contributed by atoms with Crippen LogP contribution in [0.5, 0.6) is 0 Å². The highest BCUT2D eigenvalue weighted by molar-refractivity contribution is 5.74. The van der Waals surface area contributed by atoms with Crippen molar-refractivity contribution < 1.29 is 58.2 Å². The maximum Gasteiger partial charge on any atom is 0.335 e. The molecule has 12 nitrogen and oxygen atoms in total. The first-order valence-electron chi connectivity index (χ1n) is 32.3. The summed E-state index contributed by atoms with van der Waals surface area (Å²) in [5, 5.41) is 31.6. The van der Waals surface area contributed by atoms with E-state index in [-0.39, 0.29) is 25.9 Å². The van der Waals surface area contributed by atoms with E-state index in [0.29, 0.717) is 25.7 Å². The molecule has 0 aromatic carbocycles. The fraction of sp³-hybridized carbons (Fsp3) is 0.791. The number of hydrogen-bond acceptors (Lipinski definition) is 11. The Morgan fingerprint density at radius 1 is 0.430 bits per heavy atom. The van der Waals surface area contributed by atoms with Crippen LogP contribution >= 0.6 is 0 Å². The van der Waals surface area contributed by atoms with Crippen LogP contribution < -0.4 is 0 Å². The summed E-state index contributed by atoms with van der Waals surface area (Å²) < 4.78 is 28.4. The molecular formula is C67H116O12. The lowest BCUT2D eigenvalue weighted by molar-refractivity contribution is -0.301. The molecule has 1 aliphatic rings. The minimum Gasteiger partial charge on any atom is -0.479 e. The minimum atomic E-state index is -1.91. The molecule has 0 aliphatic carbocycles. The molecule has 1 rings (SSSR count). The van der Waals surface area contributed by atoms with E-state index in [0.717, 1.165) is 70.6 Å². The normalized spacial score (nSPS) is 18.2. The summed E-state index contributed by atoms with van der Waals surface area (Å²) in [5.41, 5.74) is 0. The summed E-state index contributed by atoms with van der Waals surface area (Å²) in [4.78, 5) is 51.2. The third-order valence-electron chi connectivity index (χ3n) is 14.6. The number of carbonyl (C=O) groups excluding carboxylic acids is 3. The van der Waals surface area contributed by atoms with Gasteiger partial charge < -0.3 is 39.0 Å². The Morgan fingerprint density at radius 2 is 0.823 bits per heavy atom. The van der Waals surface area contributed by atoms with Gasteiger partial charge in [0.15, 0.2) is 24.6 Å². The summed E-state index contributed by atoms with van der Waals surface area (Å²) in [5.74, 6) is -3.21. The number of carbonyl (C=O) groups is 4. The molecule has 1 aliphatic heterocycles. The molecular weight excluding hydrogens is 997 g/mol. The Kier molecular flexibility index (Phi) is 51.1.